The van der Waals surface area contributed by atoms with Gasteiger partial charge in [0.1, 0.15) is 0 Å². The fraction of sp³-hybridized carbons (Fsp3) is 0.385. The van der Waals surface area contributed by atoms with Gasteiger partial charge in [0.05, 0.1) is 10.5 Å². The molecular weight excluding hydrogens is 296 g/mol. The van der Waals surface area contributed by atoms with E-state index < -0.39 is 28.0 Å². The Labute approximate surface area is 123 Å². The molecule has 0 unspecified atom stereocenters. The first kappa shape index (κ1) is 17.1. The van der Waals surface area contributed by atoms with E-state index in [2.05, 4.69) is 10.0 Å². The number of rotatable bonds is 6. The lowest BCUT2D eigenvalue weighted by molar-refractivity contribution is -0.128. The SMILES string of the molecule is CCNC(=O)[C@@H](C)OC(=O)c1cccc(S(=O)(=O)NC)c1. The third kappa shape index (κ3) is 4.54. The summed E-state index contributed by atoms with van der Waals surface area (Å²) >= 11 is 0. The molecule has 1 amide bonds. The topological polar surface area (TPSA) is 102 Å². The van der Waals surface area contributed by atoms with Gasteiger partial charge < -0.3 is 10.1 Å². The van der Waals surface area contributed by atoms with Crippen LogP contribution in [-0.2, 0) is 19.6 Å². The molecule has 116 valence electrons. The van der Waals surface area contributed by atoms with E-state index in [1.54, 1.807) is 6.92 Å². The van der Waals surface area contributed by atoms with E-state index in [-0.39, 0.29) is 10.5 Å². The third-order valence-electron chi connectivity index (χ3n) is 2.65. The van der Waals surface area contributed by atoms with Gasteiger partial charge in [-0.2, -0.15) is 0 Å². The summed E-state index contributed by atoms with van der Waals surface area (Å²) in [5.41, 5.74) is 0.0578. The number of nitrogens with one attached hydrogen (secondary N) is 2. The number of amides is 1. The normalized spacial score (nSPS) is 12.5. The summed E-state index contributed by atoms with van der Waals surface area (Å²) in [5.74, 6) is -1.17. The lowest BCUT2D eigenvalue weighted by Crippen LogP contribution is -2.35. The number of hydrogen-bond donors (Lipinski definition) is 2. The second-order valence-corrected chi connectivity index (χ2v) is 6.06. The van der Waals surface area contributed by atoms with E-state index in [1.807, 2.05) is 0 Å². The van der Waals surface area contributed by atoms with Crippen molar-refractivity contribution in [1.29, 1.82) is 0 Å². The molecule has 0 aliphatic rings. The van der Waals surface area contributed by atoms with Gasteiger partial charge in [0, 0.05) is 6.54 Å². The predicted octanol–water partition coefficient (Wildman–Crippen LogP) is 0.276. The molecule has 0 bridgehead atoms. The second kappa shape index (κ2) is 7.19. The summed E-state index contributed by atoms with van der Waals surface area (Å²) in [7, 11) is -2.37. The summed E-state index contributed by atoms with van der Waals surface area (Å²) in [6.07, 6.45) is -0.956. The van der Waals surface area contributed by atoms with Crippen LogP contribution in [0.4, 0.5) is 0 Å². The molecule has 1 rings (SSSR count). The minimum absolute atomic E-state index is 0.0508. The minimum atomic E-state index is -3.64. The zero-order chi connectivity index (χ0) is 16.0. The molecule has 0 heterocycles. The summed E-state index contributed by atoms with van der Waals surface area (Å²) in [4.78, 5) is 23.4. The van der Waals surface area contributed by atoms with Crippen LogP contribution in [0.15, 0.2) is 29.2 Å². The molecule has 0 saturated carbocycles. The third-order valence-corrected chi connectivity index (χ3v) is 4.06. The van der Waals surface area contributed by atoms with E-state index in [0.29, 0.717) is 6.54 Å². The van der Waals surface area contributed by atoms with Gasteiger partial charge in [-0.3, -0.25) is 4.79 Å². The summed E-state index contributed by atoms with van der Waals surface area (Å²) in [5, 5.41) is 2.52. The van der Waals surface area contributed by atoms with Gasteiger partial charge in [-0.05, 0) is 39.1 Å². The molecule has 21 heavy (non-hydrogen) atoms. The fourth-order valence-electron chi connectivity index (χ4n) is 1.51. The van der Waals surface area contributed by atoms with Crippen molar-refractivity contribution in [3.8, 4) is 0 Å². The lowest BCUT2D eigenvalue weighted by atomic mass is 10.2. The molecule has 1 aromatic rings. The number of carbonyl (C=O) groups is 2. The number of sulfonamides is 1. The van der Waals surface area contributed by atoms with Crippen LogP contribution in [0.2, 0.25) is 0 Å². The largest absolute Gasteiger partial charge is 0.449 e. The Morgan fingerprint density at radius 3 is 2.57 bits per heavy atom. The van der Waals surface area contributed by atoms with Crippen molar-refractivity contribution in [3.05, 3.63) is 29.8 Å². The number of ether oxygens (including phenoxy) is 1. The standard InChI is InChI=1S/C13H18N2O5S/c1-4-15-12(16)9(2)20-13(17)10-6-5-7-11(8-10)21(18,19)14-3/h5-9,14H,4H2,1-3H3,(H,15,16)/t9-/m1/s1. The molecule has 0 aliphatic carbocycles. The van der Waals surface area contributed by atoms with Crippen LogP contribution in [0, 0.1) is 0 Å². The molecule has 0 aliphatic heterocycles. The quantitative estimate of drug-likeness (QED) is 0.734. The first-order valence-electron chi connectivity index (χ1n) is 6.34. The van der Waals surface area contributed by atoms with Crippen LogP contribution in [-0.4, -0.2) is 40.0 Å². The van der Waals surface area contributed by atoms with Crippen molar-refractivity contribution in [3.63, 3.8) is 0 Å². The predicted molar refractivity (Wildman–Crippen MR) is 76.2 cm³/mol. The van der Waals surface area contributed by atoms with Crippen molar-refractivity contribution in [2.24, 2.45) is 0 Å². The van der Waals surface area contributed by atoms with E-state index >= 15 is 0 Å². The van der Waals surface area contributed by atoms with Gasteiger partial charge in [0.2, 0.25) is 10.0 Å². The smallest absolute Gasteiger partial charge is 0.338 e. The van der Waals surface area contributed by atoms with Gasteiger partial charge in [-0.1, -0.05) is 6.07 Å². The van der Waals surface area contributed by atoms with Crippen LogP contribution in [0.3, 0.4) is 0 Å². The zero-order valence-electron chi connectivity index (χ0n) is 12.0. The summed E-state index contributed by atoms with van der Waals surface area (Å²) in [6, 6.07) is 5.40. The Kier molecular flexibility index (Phi) is 5.86. The zero-order valence-corrected chi connectivity index (χ0v) is 12.9. The minimum Gasteiger partial charge on any atom is -0.449 e. The van der Waals surface area contributed by atoms with Crippen LogP contribution in [0.5, 0.6) is 0 Å². The first-order valence-corrected chi connectivity index (χ1v) is 7.82. The average Bonchev–Trinajstić information content (AvgIpc) is 2.47. The van der Waals surface area contributed by atoms with Crippen LogP contribution in [0.25, 0.3) is 0 Å². The van der Waals surface area contributed by atoms with E-state index in [0.717, 1.165) is 0 Å². The highest BCUT2D eigenvalue weighted by Crippen LogP contribution is 2.12. The maximum absolute atomic E-state index is 11.9. The number of carbonyl (C=O) groups excluding carboxylic acids is 2. The second-order valence-electron chi connectivity index (χ2n) is 4.18. The molecular formula is C13H18N2O5S. The van der Waals surface area contributed by atoms with Crippen LogP contribution >= 0.6 is 0 Å². The van der Waals surface area contributed by atoms with Gasteiger partial charge in [-0.25, -0.2) is 17.9 Å². The molecule has 1 aromatic carbocycles. The monoisotopic (exact) mass is 314 g/mol. The molecule has 0 radical (unpaired) electrons. The van der Waals surface area contributed by atoms with Crippen molar-refractivity contribution < 1.29 is 22.7 Å². The molecule has 2 N–H and O–H groups in total. The van der Waals surface area contributed by atoms with Gasteiger partial charge >= 0.3 is 5.97 Å². The molecule has 0 aromatic heterocycles. The number of hydrogen-bond acceptors (Lipinski definition) is 5. The van der Waals surface area contributed by atoms with E-state index in [4.69, 9.17) is 4.74 Å². The van der Waals surface area contributed by atoms with E-state index in [9.17, 15) is 18.0 Å². The molecule has 0 fully saturated rings. The van der Waals surface area contributed by atoms with Crippen molar-refractivity contribution in [2.45, 2.75) is 24.8 Å². The maximum Gasteiger partial charge on any atom is 0.338 e. The molecule has 0 spiro atoms. The Bertz CT molecular complexity index is 627. The summed E-state index contributed by atoms with van der Waals surface area (Å²) < 4.78 is 30.5. The van der Waals surface area contributed by atoms with Crippen LogP contribution in [0.1, 0.15) is 24.2 Å². The van der Waals surface area contributed by atoms with Crippen molar-refractivity contribution >= 4 is 21.9 Å². The fourth-order valence-corrected chi connectivity index (χ4v) is 2.28. The van der Waals surface area contributed by atoms with Crippen molar-refractivity contribution in [2.75, 3.05) is 13.6 Å². The highest BCUT2D eigenvalue weighted by molar-refractivity contribution is 7.89. The Morgan fingerprint density at radius 2 is 2.00 bits per heavy atom. The Balaban J connectivity index is 2.89. The number of esters is 1. The van der Waals surface area contributed by atoms with Gasteiger partial charge in [0.25, 0.3) is 5.91 Å². The highest BCUT2D eigenvalue weighted by atomic mass is 32.2. The number of likely N-dealkylation sites (N-methyl/N-ethyl adjacent to an activating group) is 1. The summed E-state index contributed by atoms with van der Waals surface area (Å²) in [6.45, 7) is 3.62. The van der Waals surface area contributed by atoms with Gasteiger partial charge in [-0.15, -0.1) is 0 Å². The van der Waals surface area contributed by atoms with Crippen molar-refractivity contribution in [1.82, 2.24) is 10.0 Å². The molecule has 0 saturated heterocycles. The lowest BCUT2D eigenvalue weighted by Gasteiger charge is -2.13. The maximum atomic E-state index is 11.9. The van der Waals surface area contributed by atoms with E-state index in [1.165, 1.54) is 38.2 Å². The Hall–Kier alpha value is -1.93. The molecule has 7 nitrogen and oxygen atoms in total. The highest BCUT2D eigenvalue weighted by Gasteiger charge is 2.20. The number of benzene rings is 1. The first-order chi connectivity index (χ1) is 9.81. The van der Waals surface area contributed by atoms with Crippen LogP contribution < -0.4 is 10.0 Å². The Morgan fingerprint density at radius 1 is 1.33 bits per heavy atom. The molecule has 8 heteroatoms. The molecule has 1 atom stereocenters. The average molecular weight is 314 g/mol. The van der Waals surface area contributed by atoms with Gasteiger partial charge in [0.15, 0.2) is 6.10 Å².